The van der Waals surface area contributed by atoms with Crippen molar-refractivity contribution in [2.24, 2.45) is 0 Å². The van der Waals surface area contributed by atoms with Gasteiger partial charge in [-0.15, -0.1) is 0 Å². The predicted molar refractivity (Wildman–Crippen MR) is 101 cm³/mol. The van der Waals surface area contributed by atoms with E-state index in [2.05, 4.69) is 15.5 Å². The van der Waals surface area contributed by atoms with Crippen LogP contribution in [0.1, 0.15) is 12.8 Å². The Balaban J connectivity index is 1.48. The average Bonchev–Trinajstić information content (AvgIpc) is 3.41. The number of pyridine rings is 1. The van der Waals surface area contributed by atoms with E-state index in [1.54, 1.807) is 12.1 Å². The zero-order valence-electron chi connectivity index (χ0n) is 15.5. The van der Waals surface area contributed by atoms with E-state index in [0.29, 0.717) is 18.7 Å². The number of rotatable bonds is 6. The van der Waals surface area contributed by atoms with E-state index >= 15 is 0 Å². The van der Waals surface area contributed by atoms with Gasteiger partial charge in [-0.3, -0.25) is 9.59 Å². The van der Waals surface area contributed by atoms with Gasteiger partial charge in [0, 0.05) is 24.9 Å². The van der Waals surface area contributed by atoms with Crippen LogP contribution >= 0.6 is 0 Å². The van der Waals surface area contributed by atoms with E-state index in [1.165, 1.54) is 35.0 Å². The summed E-state index contributed by atoms with van der Waals surface area (Å²) >= 11 is 0. The number of carbonyl (C=O) groups is 1. The predicted octanol–water partition coefficient (Wildman–Crippen LogP) is 2.00. The first-order chi connectivity index (χ1) is 14.1. The molecule has 4 rings (SSSR count). The maximum atomic E-state index is 13.1. The second kappa shape index (κ2) is 8.36. The van der Waals surface area contributed by atoms with Gasteiger partial charge in [-0.25, -0.2) is 4.39 Å². The third-order valence-electron chi connectivity index (χ3n) is 4.64. The first-order valence-electron chi connectivity index (χ1n) is 9.28. The first kappa shape index (κ1) is 19.0. The molecule has 8 nitrogen and oxygen atoms in total. The van der Waals surface area contributed by atoms with Crippen molar-refractivity contribution >= 4 is 5.91 Å². The van der Waals surface area contributed by atoms with Crippen molar-refractivity contribution in [2.45, 2.75) is 25.5 Å². The molecule has 0 aliphatic carbocycles. The number of hydrogen-bond acceptors (Lipinski definition) is 6. The van der Waals surface area contributed by atoms with Crippen LogP contribution in [-0.2, 0) is 16.1 Å². The van der Waals surface area contributed by atoms with Crippen LogP contribution in [0.4, 0.5) is 4.39 Å². The fourth-order valence-corrected chi connectivity index (χ4v) is 3.12. The lowest BCUT2D eigenvalue weighted by Crippen LogP contribution is -2.36. The van der Waals surface area contributed by atoms with E-state index in [4.69, 9.17) is 9.26 Å². The Hall–Kier alpha value is -3.33. The lowest BCUT2D eigenvalue weighted by molar-refractivity contribution is -0.122. The molecular formula is C20H19FN4O4. The molecule has 1 N–H and O–H groups in total. The number of nitrogens with zero attached hydrogens (tertiary/aromatic N) is 3. The molecule has 1 unspecified atom stereocenters. The highest BCUT2D eigenvalue weighted by Crippen LogP contribution is 2.20. The van der Waals surface area contributed by atoms with E-state index in [1.807, 2.05) is 0 Å². The summed E-state index contributed by atoms with van der Waals surface area (Å²) in [6.07, 6.45) is 3.47. The van der Waals surface area contributed by atoms with Crippen molar-refractivity contribution < 1.29 is 18.4 Å². The molecule has 1 aromatic carbocycles. The quantitative estimate of drug-likeness (QED) is 0.682. The number of aromatic nitrogens is 3. The van der Waals surface area contributed by atoms with Crippen molar-refractivity contribution in [1.82, 2.24) is 20.0 Å². The largest absolute Gasteiger partial charge is 0.376 e. The average molecular weight is 398 g/mol. The lowest BCUT2D eigenvalue weighted by Gasteiger charge is -2.11. The van der Waals surface area contributed by atoms with E-state index in [0.717, 1.165) is 12.8 Å². The zero-order valence-corrected chi connectivity index (χ0v) is 15.5. The Morgan fingerprint density at radius 3 is 2.86 bits per heavy atom. The van der Waals surface area contributed by atoms with Gasteiger partial charge in [-0.05, 0) is 49.2 Å². The molecule has 1 aliphatic heterocycles. The monoisotopic (exact) mass is 398 g/mol. The summed E-state index contributed by atoms with van der Waals surface area (Å²) in [5, 5.41) is 6.63. The molecule has 1 aliphatic rings. The molecule has 2 aromatic heterocycles. The van der Waals surface area contributed by atoms with Crippen LogP contribution < -0.4 is 10.9 Å². The molecule has 3 heterocycles. The fourth-order valence-electron chi connectivity index (χ4n) is 3.12. The van der Waals surface area contributed by atoms with Crippen molar-refractivity contribution in [1.29, 1.82) is 0 Å². The van der Waals surface area contributed by atoms with Crippen LogP contribution in [0.3, 0.4) is 0 Å². The van der Waals surface area contributed by atoms with Gasteiger partial charge >= 0.3 is 0 Å². The van der Waals surface area contributed by atoms with Crippen LogP contribution in [0.2, 0.25) is 0 Å². The zero-order chi connectivity index (χ0) is 20.2. The molecule has 0 spiro atoms. The summed E-state index contributed by atoms with van der Waals surface area (Å²) in [6, 6.07) is 8.79. The second-order valence-electron chi connectivity index (χ2n) is 6.72. The smallest absolute Gasteiger partial charge is 0.263 e. The molecular weight excluding hydrogens is 379 g/mol. The molecule has 0 saturated carbocycles. The van der Waals surface area contributed by atoms with Gasteiger partial charge in [0.1, 0.15) is 17.9 Å². The summed E-state index contributed by atoms with van der Waals surface area (Å²) in [7, 11) is 0. The maximum Gasteiger partial charge on any atom is 0.263 e. The standard InChI is InChI=1S/C20H19FN4O4/c21-14-7-5-13(6-8-14)18-23-19(29-24-18)16-4-1-9-25(20(16)27)12-17(26)22-11-15-3-2-10-28-15/h1,4-9,15H,2-3,10-12H2,(H,22,26). The molecule has 1 atom stereocenters. The Morgan fingerprint density at radius 2 is 2.10 bits per heavy atom. The molecule has 9 heteroatoms. The molecule has 1 saturated heterocycles. The number of halogens is 1. The highest BCUT2D eigenvalue weighted by Gasteiger charge is 2.18. The van der Waals surface area contributed by atoms with E-state index < -0.39 is 5.56 Å². The Bertz CT molecular complexity index is 1050. The van der Waals surface area contributed by atoms with Crippen LogP contribution in [0.25, 0.3) is 22.8 Å². The molecule has 150 valence electrons. The molecule has 3 aromatic rings. The van der Waals surface area contributed by atoms with E-state index in [9.17, 15) is 14.0 Å². The van der Waals surface area contributed by atoms with Crippen LogP contribution in [0, 0.1) is 5.82 Å². The number of benzene rings is 1. The van der Waals surface area contributed by atoms with Gasteiger partial charge in [0.2, 0.25) is 11.7 Å². The van der Waals surface area contributed by atoms with Gasteiger partial charge in [0.15, 0.2) is 0 Å². The second-order valence-corrected chi connectivity index (χ2v) is 6.72. The van der Waals surface area contributed by atoms with Gasteiger partial charge in [0.25, 0.3) is 11.4 Å². The summed E-state index contributed by atoms with van der Waals surface area (Å²) in [4.78, 5) is 29.1. The summed E-state index contributed by atoms with van der Waals surface area (Å²) in [5.74, 6) is -0.383. The Kier molecular flexibility index (Phi) is 5.48. The van der Waals surface area contributed by atoms with Crippen LogP contribution in [0.5, 0.6) is 0 Å². The summed E-state index contributed by atoms with van der Waals surface area (Å²) in [6.45, 7) is 1.02. The van der Waals surface area contributed by atoms with Gasteiger partial charge in [-0.1, -0.05) is 5.16 Å². The Morgan fingerprint density at radius 1 is 1.28 bits per heavy atom. The molecule has 0 bridgehead atoms. The van der Waals surface area contributed by atoms with Gasteiger partial charge in [0.05, 0.1) is 6.10 Å². The molecule has 0 radical (unpaired) electrons. The van der Waals surface area contributed by atoms with Gasteiger partial charge in [-0.2, -0.15) is 4.98 Å². The molecule has 1 fully saturated rings. The fraction of sp³-hybridized carbons (Fsp3) is 0.300. The highest BCUT2D eigenvalue weighted by molar-refractivity contribution is 5.75. The molecule has 1 amide bonds. The number of nitrogens with one attached hydrogen (secondary N) is 1. The van der Waals surface area contributed by atoms with Gasteiger partial charge < -0.3 is 19.1 Å². The third-order valence-corrected chi connectivity index (χ3v) is 4.64. The highest BCUT2D eigenvalue weighted by atomic mass is 19.1. The third kappa shape index (κ3) is 4.40. The minimum Gasteiger partial charge on any atom is -0.376 e. The number of hydrogen-bond donors (Lipinski definition) is 1. The SMILES string of the molecule is O=C(Cn1cccc(-c2nc(-c3ccc(F)cc3)no2)c1=O)NCC1CCCO1. The van der Waals surface area contributed by atoms with E-state index in [-0.39, 0.29) is 41.7 Å². The molecule has 29 heavy (non-hydrogen) atoms. The summed E-state index contributed by atoms with van der Waals surface area (Å²) in [5.41, 5.74) is 0.320. The van der Waals surface area contributed by atoms with Crippen molar-refractivity contribution in [3.8, 4) is 22.8 Å². The van der Waals surface area contributed by atoms with Crippen molar-refractivity contribution in [3.63, 3.8) is 0 Å². The topological polar surface area (TPSA) is 99.3 Å². The van der Waals surface area contributed by atoms with Crippen molar-refractivity contribution in [2.75, 3.05) is 13.2 Å². The maximum absolute atomic E-state index is 13.1. The Labute approximate surface area is 165 Å². The van der Waals surface area contributed by atoms with Crippen LogP contribution in [-0.4, -0.2) is 39.9 Å². The lowest BCUT2D eigenvalue weighted by atomic mass is 10.2. The van der Waals surface area contributed by atoms with Crippen LogP contribution in [0.15, 0.2) is 51.9 Å². The number of ether oxygens (including phenoxy) is 1. The number of amides is 1. The summed E-state index contributed by atoms with van der Waals surface area (Å²) < 4.78 is 25.0. The minimum atomic E-state index is -0.422. The normalized spacial score (nSPS) is 16.1. The van der Waals surface area contributed by atoms with Crippen molar-refractivity contribution in [3.05, 3.63) is 58.8 Å². The minimum absolute atomic E-state index is 0.0310. The first-order valence-corrected chi connectivity index (χ1v) is 9.28. The number of carbonyl (C=O) groups excluding carboxylic acids is 1.